The number of nitrogens with zero attached hydrogens (tertiary/aromatic N) is 3. The fourth-order valence-electron chi connectivity index (χ4n) is 2.74. The van der Waals surface area contributed by atoms with Gasteiger partial charge in [-0.05, 0) is 48.9 Å². The highest BCUT2D eigenvalue weighted by atomic mass is 19.1. The first-order valence-electron chi connectivity index (χ1n) is 8.09. The summed E-state index contributed by atoms with van der Waals surface area (Å²) in [7, 11) is 0. The van der Waals surface area contributed by atoms with Crippen molar-refractivity contribution >= 4 is 17.2 Å². The topological polar surface area (TPSA) is 59.3 Å². The molecule has 0 aliphatic rings. The zero-order valence-corrected chi connectivity index (χ0v) is 14.0. The molecule has 0 radical (unpaired) electrons. The Bertz CT molecular complexity index is 1100. The molecule has 0 aliphatic heterocycles. The molecule has 128 valence electrons. The summed E-state index contributed by atoms with van der Waals surface area (Å²) in [4.78, 5) is 16.8. The molecule has 0 spiro atoms. The summed E-state index contributed by atoms with van der Waals surface area (Å²) in [5.41, 5.74) is 4.02. The van der Waals surface area contributed by atoms with Crippen molar-refractivity contribution < 1.29 is 9.18 Å². The molecule has 2 heterocycles. The van der Waals surface area contributed by atoms with Gasteiger partial charge in [-0.1, -0.05) is 18.2 Å². The lowest BCUT2D eigenvalue weighted by Crippen LogP contribution is -2.13. The van der Waals surface area contributed by atoms with Crippen molar-refractivity contribution in [1.82, 2.24) is 14.6 Å². The van der Waals surface area contributed by atoms with Crippen LogP contribution in [0, 0.1) is 12.7 Å². The lowest BCUT2D eigenvalue weighted by Gasteiger charge is -2.06. The van der Waals surface area contributed by atoms with Gasteiger partial charge in [-0.15, -0.1) is 0 Å². The van der Waals surface area contributed by atoms with Crippen LogP contribution < -0.4 is 5.32 Å². The molecule has 26 heavy (non-hydrogen) atoms. The number of carbonyl (C=O) groups is 1. The van der Waals surface area contributed by atoms with Crippen LogP contribution in [0.4, 0.5) is 10.1 Å². The summed E-state index contributed by atoms with van der Waals surface area (Å²) in [5, 5.41) is 7.25. The van der Waals surface area contributed by atoms with Gasteiger partial charge in [-0.25, -0.2) is 13.9 Å². The average molecular weight is 346 g/mol. The maximum atomic E-state index is 13.2. The SMILES string of the molecule is Cc1ccccc1NC(=O)c1cc2nccc(-c3ccc(F)cc3)n2n1. The molecule has 0 aliphatic carbocycles. The maximum absolute atomic E-state index is 13.2. The van der Waals surface area contributed by atoms with Crippen LogP contribution in [0.3, 0.4) is 0 Å². The normalized spacial score (nSPS) is 10.8. The fraction of sp³-hybridized carbons (Fsp3) is 0.0500. The van der Waals surface area contributed by atoms with Crippen LogP contribution in [-0.2, 0) is 0 Å². The smallest absolute Gasteiger partial charge is 0.276 e. The van der Waals surface area contributed by atoms with E-state index >= 15 is 0 Å². The number of benzene rings is 2. The zero-order valence-electron chi connectivity index (χ0n) is 14.0. The molecule has 5 nitrogen and oxygen atoms in total. The van der Waals surface area contributed by atoms with Crippen molar-refractivity contribution in [1.29, 1.82) is 0 Å². The minimum Gasteiger partial charge on any atom is -0.320 e. The molecule has 0 saturated heterocycles. The molecule has 6 heteroatoms. The van der Waals surface area contributed by atoms with Gasteiger partial charge in [0.05, 0.1) is 5.69 Å². The summed E-state index contributed by atoms with van der Waals surface area (Å²) in [6.07, 6.45) is 1.64. The van der Waals surface area contributed by atoms with Gasteiger partial charge >= 0.3 is 0 Å². The van der Waals surface area contributed by atoms with E-state index in [4.69, 9.17) is 0 Å². The second-order valence-electron chi connectivity index (χ2n) is 5.91. The van der Waals surface area contributed by atoms with Crippen molar-refractivity contribution in [2.45, 2.75) is 6.92 Å². The Morgan fingerprint density at radius 1 is 1.08 bits per heavy atom. The van der Waals surface area contributed by atoms with Gasteiger partial charge < -0.3 is 5.32 Å². The minimum absolute atomic E-state index is 0.260. The number of aromatic nitrogens is 3. The van der Waals surface area contributed by atoms with Gasteiger partial charge in [-0.3, -0.25) is 4.79 Å². The van der Waals surface area contributed by atoms with E-state index in [2.05, 4.69) is 15.4 Å². The molecular weight excluding hydrogens is 331 g/mol. The molecule has 2 aromatic carbocycles. The average Bonchev–Trinajstić information content (AvgIpc) is 3.09. The van der Waals surface area contributed by atoms with Crippen LogP contribution in [0.15, 0.2) is 66.9 Å². The van der Waals surface area contributed by atoms with Crippen LogP contribution in [0.25, 0.3) is 16.9 Å². The van der Waals surface area contributed by atoms with E-state index in [1.807, 2.05) is 31.2 Å². The summed E-state index contributed by atoms with van der Waals surface area (Å²) < 4.78 is 14.8. The highest BCUT2D eigenvalue weighted by Gasteiger charge is 2.15. The second-order valence-corrected chi connectivity index (χ2v) is 5.91. The van der Waals surface area contributed by atoms with E-state index in [9.17, 15) is 9.18 Å². The van der Waals surface area contributed by atoms with E-state index in [-0.39, 0.29) is 17.4 Å². The van der Waals surface area contributed by atoms with Gasteiger partial charge in [0, 0.05) is 23.5 Å². The standard InChI is InChI=1S/C20H15FN4O/c1-13-4-2-3-5-16(13)23-20(26)17-12-19-22-11-10-18(25(19)24-17)14-6-8-15(21)9-7-14/h2-12H,1H3,(H,23,26). The van der Waals surface area contributed by atoms with Gasteiger partial charge in [-0.2, -0.15) is 5.10 Å². The van der Waals surface area contributed by atoms with E-state index in [1.54, 1.807) is 35.0 Å². The van der Waals surface area contributed by atoms with Crippen LogP contribution in [0.2, 0.25) is 0 Å². The molecule has 4 rings (SSSR count). The summed E-state index contributed by atoms with van der Waals surface area (Å²) in [6.45, 7) is 1.92. The van der Waals surface area contributed by atoms with Crippen LogP contribution in [0.1, 0.15) is 16.1 Å². The van der Waals surface area contributed by atoms with E-state index < -0.39 is 0 Å². The van der Waals surface area contributed by atoms with Gasteiger partial charge in [0.1, 0.15) is 5.82 Å². The Morgan fingerprint density at radius 3 is 2.62 bits per heavy atom. The third-order valence-corrected chi connectivity index (χ3v) is 4.12. The van der Waals surface area contributed by atoms with Crippen molar-refractivity contribution in [2.75, 3.05) is 5.32 Å². The number of nitrogens with one attached hydrogen (secondary N) is 1. The highest BCUT2D eigenvalue weighted by Crippen LogP contribution is 2.21. The Hall–Kier alpha value is -3.54. The first-order chi connectivity index (χ1) is 12.6. The van der Waals surface area contributed by atoms with Gasteiger partial charge in [0.2, 0.25) is 0 Å². The first kappa shape index (κ1) is 16.0. The number of hydrogen-bond donors (Lipinski definition) is 1. The Kier molecular flexibility index (Phi) is 3.93. The molecule has 0 bridgehead atoms. The summed E-state index contributed by atoms with van der Waals surface area (Å²) >= 11 is 0. The number of rotatable bonds is 3. The van der Waals surface area contributed by atoms with E-state index in [0.29, 0.717) is 5.65 Å². The van der Waals surface area contributed by atoms with Gasteiger partial charge in [0.15, 0.2) is 11.3 Å². The maximum Gasteiger partial charge on any atom is 0.276 e. The molecule has 0 saturated carbocycles. The predicted octanol–water partition coefficient (Wildman–Crippen LogP) is 4.10. The lowest BCUT2D eigenvalue weighted by molar-refractivity contribution is 0.102. The van der Waals surface area contributed by atoms with Gasteiger partial charge in [0.25, 0.3) is 5.91 Å². The predicted molar refractivity (Wildman–Crippen MR) is 97.5 cm³/mol. The highest BCUT2D eigenvalue weighted by molar-refractivity contribution is 6.03. The van der Waals surface area contributed by atoms with Crippen molar-refractivity contribution in [3.8, 4) is 11.3 Å². The quantitative estimate of drug-likeness (QED) is 0.608. The number of carbonyl (C=O) groups excluding carboxylic acids is 1. The Labute approximate surface area is 149 Å². The minimum atomic E-state index is -0.310. The Morgan fingerprint density at radius 2 is 1.85 bits per heavy atom. The molecule has 4 aromatic rings. The number of hydrogen-bond acceptors (Lipinski definition) is 3. The number of para-hydroxylation sites is 1. The zero-order chi connectivity index (χ0) is 18.1. The number of amides is 1. The monoisotopic (exact) mass is 346 g/mol. The number of aryl methyl sites for hydroxylation is 1. The summed E-state index contributed by atoms with van der Waals surface area (Å²) in [5.74, 6) is -0.618. The molecule has 0 atom stereocenters. The third kappa shape index (κ3) is 2.93. The summed E-state index contributed by atoms with van der Waals surface area (Å²) in [6, 6.07) is 17.0. The van der Waals surface area contributed by atoms with Crippen LogP contribution in [0.5, 0.6) is 0 Å². The molecule has 0 fully saturated rings. The number of halogens is 1. The molecule has 0 unspecified atom stereocenters. The van der Waals surface area contributed by atoms with E-state index in [1.165, 1.54) is 12.1 Å². The fourth-order valence-corrected chi connectivity index (χ4v) is 2.74. The third-order valence-electron chi connectivity index (χ3n) is 4.12. The second kappa shape index (κ2) is 6.40. The molecule has 1 amide bonds. The van der Waals surface area contributed by atoms with Crippen molar-refractivity contribution in [2.24, 2.45) is 0 Å². The lowest BCUT2D eigenvalue weighted by atomic mass is 10.1. The van der Waals surface area contributed by atoms with Crippen LogP contribution >= 0.6 is 0 Å². The van der Waals surface area contributed by atoms with Crippen molar-refractivity contribution in [3.05, 3.63) is 83.9 Å². The molecule has 1 N–H and O–H groups in total. The molecule has 2 aromatic heterocycles. The number of fused-ring (bicyclic) bond motifs is 1. The van der Waals surface area contributed by atoms with E-state index in [0.717, 1.165) is 22.5 Å². The van der Waals surface area contributed by atoms with Crippen LogP contribution in [-0.4, -0.2) is 20.5 Å². The molecular formula is C20H15FN4O. The van der Waals surface area contributed by atoms with Crippen molar-refractivity contribution in [3.63, 3.8) is 0 Å². The largest absolute Gasteiger partial charge is 0.320 e. The first-order valence-corrected chi connectivity index (χ1v) is 8.09. The Balaban J connectivity index is 1.72. The number of anilines is 1.